The topological polar surface area (TPSA) is 32.3 Å². The fourth-order valence-electron chi connectivity index (χ4n) is 3.08. The van der Waals surface area contributed by atoms with Gasteiger partial charge in [0.25, 0.3) is 0 Å². The summed E-state index contributed by atoms with van der Waals surface area (Å²) in [5.41, 5.74) is 0.460. The average Bonchev–Trinajstić information content (AvgIpc) is 2.54. The van der Waals surface area contributed by atoms with Crippen LogP contribution in [0, 0.1) is 11.3 Å². The van der Waals surface area contributed by atoms with Gasteiger partial charge in [-0.1, -0.05) is 19.8 Å². The van der Waals surface area contributed by atoms with E-state index < -0.39 is 0 Å². The predicted octanol–water partition coefficient (Wildman–Crippen LogP) is 1.54. The molecule has 0 radical (unpaired) electrons. The molecule has 0 aromatic rings. The van der Waals surface area contributed by atoms with E-state index in [2.05, 4.69) is 12.2 Å². The highest BCUT2D eigenvalue weighted by Crippen LogP contribution is 2.46. The van der Waals surface area contributed by atoms with Gasteiger partial charge in [0.2, 0.25) is 0 Å². The smallest absolute Gasteiger partial charge is 0.0590 e. The molecular formula is C11H21NO. The molecule has 0 aromatic carbocycles. The molecule has 2 heteroatoms. The van der Waals surface area contributed by atoms with E-state index in [1.165, 1.54) is 32.1 Å². The standard InChI is InChI=1S/C11H21NO/c1-9-2-4-11(5-3-9)6-7-12-10(11)8-13/h9-10,12-13H,2-8H2,1H3. The van der Waals surface area contributed by atoms with Gasteiger partial charge < -0.3 is 10.4 Å². The van der Waals surface area contributed by atoms with Crippen LogP contribution in [0.2, 0.25) is 0 Å². The molecule has 2 fully saturated rings. The Bertz CT molecular complexity index is 173. The van der Waals surface area contributed by atoms with Crippen molar-refractivity contribution in [2.24, 2.45) is 11.3 Å². The lowest BCUT2D eigenvalue weighted by Crippen LogP contribution is -2.41. The second kappa shape index (κ2) is 3.58. The first kappa shape index (κ1) is 9.47. The molecule has 1 aliphatic carbocycles. The van der Waals surface area contributed by atoms with Crippen molar-refractivity contribution in [1.82, 2.24) is 5.32 Å². The number of nitrogens with one attached hydrogen (secondary N) is 1. The van der Waals surface area contributed by atoms with Crippen LogP contribution in [-0.2, 0) is 0 Å². The quantitative estimate of drug-likeness (QED) is 0.646. The number of aliphatic hydroxyl groups is 1. The molecule has 0 aromatic heterocycles. The zero-order valence-electron chi connectivity index (χ0n) is 8.55. The molecular weight excluding hydrogens is 162 g/mol. The minimum absolute atomic E-state index is 0.328. The van der Waals surface area contributed by atoms with Gasteiger partial charge in [-0.3, -0.25) is 0 Å². The van der Waals surface area contributed by atoms with E-state index in [1.807, 2.05) is 0 Å². The highest BCUT2D eigenvalue weighted by Gasteiger charge is 2.43. The molecule has 1 unspecified atom stereocenters. The Labute approximate surface area is 80.7 Å². The Balaban J connectivity index is 2.02. The molecule has 1 atom stereocenters. The SMILES string of the molecule is CC1CCC2(CCNC2CO)CC1. The maximum Gasteiger partial charge on any atom is 0.0590 e. The summed E-state index contributed by atoms with van der Waals surface area (Å²) in [5.74, 6) is 0.908. The van der Waals surface area contributed by atoms with Crippen LogP contribution in [0.5, 0.6) is 0 Å². The van der Waals surface area contributed by atoms with Crippen molar-refractivity contribution in [2.75, 3.05) is 13.2 Å². The van der Waals surface area contributed by atoms with Crippen molar-refractivity contribution < 1.29 is 5.11 Å². The fourth-order valence-corrected chi connectivity index (χ4v) is 3.08. The molecule has 1 saturated heterocycles. The van der Waals surface area contributed by atoms with Gasteiger partial charge in [-0.15, -0.1) is 0 Å². The average molecular weight is 183 g/mol. The van der Waals surface area contributed by atoms with Gasteiger partial charge in [0.05, 0.1) is 6.61 Å². The minimum Gasteiger partial charge on any atom is -0.395 e. The summed E-state index contributed by atoms with van der Waals surface area (Å²) >= 11 is 0. The molecule has 2 N–H and O–H groups in total. The molecule has 1 heterocycles. The molecule has 1 saturated carbocycles. The van der Waals surface area contributed by atoms with E-state index in [-0.39, 0.29) is 0 Å². The summed E-state index contributed by atoms with van der Waals surface area (Å²) in [6, 6.07) is 0.389. The third-order valence-electron chi connectivity index (χ3n) is 4.21. The lowest BCUT2D eigenvalue weighted by molar-refractivity contribution is 0.0966. The van der Waals surface area contributed by atoms with E-state index in [4.69, 9.17) is 0 Å². The Morgan fingerprint density at radius 1 is 1.31 bits per heavy atom. The van der Waals surface area contributed by atoms with Gasteiger partial charge in [-0.2, -0.15) is 0 Å². The van der Waals surface area contributed by atoms with Crippen LogP contribution in [-0.4, -0.2) is 24.3 Å². The maximum atomic E-state index is 9.29. The highest BCUT2D eigenvalue weighted by molar-refractivity contribution is 4.98. The Morgan fingerprint density at radius 3 is 2.62 bits per heavy atom. The lowest BCUT2D eigenvalue weighted by atomic mass is 9.67. The van der Waals surface area contributed by atoms with Crippen molar-refractivity contribution in [3.05, 3.63) is 0 Å². The third kappa shape index (κ3) is 1.62. The normalized spacial score (nSPS) is 45.7. The first-order chi connectivity index (χ1) is 6.27. The van der Waals surface area contributed by atoms with E-state index >= 15 is 0 Å². The molecule has 2 rings (SSSR count). The molecule has 76 valence electrons. The van der Waals surface area contributed by atoms with Crippen LogP contribution in [0.25, 0.3) is 0 Å². The fraction of sp³-hybridized carbons (Fsp3) is 1.00. The Kier molecular flexibility index (Phi) is 2.61. The highest BCUT2D eigenvalue weighted by atomic mass is 16.3. The van der Waals surface area contributed by atoms with Crippen LogP contribution in [0.3, 0.4) is 0 Å². The van der Waals surface area contributed by atoms with Crippen LogP contribution in [0.1, 0.15) is 39.0 Å². The van der Waals surface area contributed by atoms with E-state index in [0.717, 1.165) is 12.5 Å². The Morgan fingerprint density at radius 2 is 2.00 bits per heavy atom. The summed E-state index contributed by atoms with van der Waals surface area (Å²) in [4.78, 5) is 0. The van der Waals surface area contributed by atoms with Gasteiger partial charge >= 0.3 is 0 Å². The minimum atomic E-state index is 0.328. The van der Waals surface area contributed by atoms with E-state index in [1.54, 1.807) is 0 Å². The molecule has 13 heavy (non-hydrogen) atoms. The first-order valence-corrected chi connectivity index (χ1v) is 5.61. The van der Waals surface area contributed by atoms with Gasteiger partial charge in [-0.25, -0.2) is 0 Å². The third-order valence-corrected chi connectivity index (χ3v) is 4.21. The second-order valence-electron chi connectivity index (χ2n) is 4.98. The number of aliphatic hydroxyl groups excluding tert-OH is 1. The predicted molar refractivity (Wildman–Crippen MR) is 53.6 cm³/mol. The largest absolute Gasteiger partial charge is 0.395 e. The number of hydrogen-bond acceptors (Lipinski definition) is 2. The van der Waals surface area contributed by atoms with Crippen LogP contribution >= 0.6 is 0 Å². The lowest BCUT2D eigenvalue weighted by Gasteiger charge is -2.39. The zero-order chi connectivity index (χ0) is 9.31. The monoisotopic (exact) mass is 183 g/mol. The summed E-state index contributed by atoms with van der Waals surface area (Å²) in [6.07, 6.45) is 6.65. The van der Waals surface area contributed by atoms with Crippen molar-refractivity contribution in [2.45, 2.75) is 45.1 Å². The molecule has 1 aliphatic heterocycles. The van der Waals surface area contributed by atoms with Crippen LogP contribution < -0.4 is 5.32 Å². The van der Waals surface area contributed by atoms with Crippen molar-refractivity contribution in [1.29, 1.82) is 0 Å². The van der Waals surface area contributed by atoms with Crippen LogP contribution in [0.15, 0.2) is 0 Å². The molecule has 0 bridgehead atoms. The van der Waals surface area contributed by atoms with Gasteiger partial charge in [-0.05, 0) is 37.1 Å². The van der Waals surface area contributed by atoms with Gasteiger partial charge in [0.1, 0.15) is 0 Å². The summed E-state index contributed by atoms with van der Waals surface area (Å²) in [6.45, 7) is 3.79. The van der Waals surface area contributed by atoms with Crippen molar-refractivity contribution in [3.8, 4) is 0 Å². The number of rotatable bonds is 1. The van der Waals surface area contributed by atoms with Crippen LogP contribution in [0.4, 0.5) is 0 Å². The maximum absolute atomic E-state index is 9.29. The van der Waals surface area contributed by atoms with Gasteiger partial charge in [0.15, 0.2) is 0 Å². The summed E-state index contributed by atoms with van der Waals surface area (Å²) in [7, 11) is 0. The first-order valence-electron chi connectivity index (χ1n) is 5.61. The second-order valence-corrected chi connectivity index (χ2v) is 4.98. The van der Waals surface area contributed by atoms with Gasteiger partial charge in [0, 0.05) is 6.04 Å². The Hall–Kier alpha value is -0.0800. The molecule has 0 amide bonds. The number of hydrogen-bond donors (Lipinski definition) is 2. The van der Waals surface area contributed by atoms with Crippen molar-refractivity contribution >= 4 is 0 Å². The van der Waals surface area contributed by atoms with Crippen molar-refractivity contribution in [3.63, 3.8) is 0 Å². The zero-order valence-corrected chi connectivity index (χ0v) is 8.55. The van der Waals surface area contributed by atoms with E-state index in [0.29, 0.717) is 18.1 Å². The molecule has 1 spiro atoms. The summed E-state index contributed by atoms with van der Waals surface area (Å²) in [5, 5.41) is 12.7. The molecule has 2 aliphatic rings. The van der Waals surface area contributed by atoms with E-state index in [9.17, 15) is 5.11 Å². The molecule has 2 nitrogen and oxygen atoms in total. The summed E-state index contributed by atoms with van der Waals surface area (Å²) < 4.78 is 0.